The quantitative estimate of drug-likeness (QED) is 0.679. The minimum absolute atomic E-state index is 0.0548. The van der Waals surface area contributed by atoms with Gasteiger partial charge in [-0.1, -0.05) is 0 Å². The van der Waals surface area contributed by atoms with E-state index in [2.05, 4.69) is 4.98 Å². The van der Waals surface area contributed by atoms with Crippen molar-refractivity contribution in [1.82, 2.24) is 4.98 Å². The molecule has 0 atom stereocenters. The molecule has 0 radical (unpaired) electrons. The second-order valence-electron chi connectivity index (χ2n) is 3.99. The Morgan fingerprint density at radius 3 is 2.50 bits per heavy atom. The van der Waals surface area contributed by atoms with Crippen molar-refractivity contribution in [2.75, 3.05) is 0 Å². The van der Waals surface area contributed by atoms with Crippen LogP contribution in [0.25, 0.3) is 0 Å². The summed E-state index contributed by atoms with van der Waals surface area (Å²) in [5.74, 6) is -0.620. The largest absolute Gasteiger partial charge is 0.478 e. The maximum Gasteiger partial charge on any atom is 0.335 e. The van der Waals surface area contributed by atoms with Gasteiger partial charge in [-0.2, -0.15) is 0 Å². The minimum atomic E-state index is -1.08. The van der Waals surface area contributed by atoms with Gasteiger partial charge >= 0.3 is 5.97 Å². The van der Waals surface area contributed by atoms with Gasteiger partial charge in [-0.05, 0) is 25.1 Å². The smallest absolute Gasteiger partial charge is 0.335 e. The summed E-state index contributed by atoms with van der Waals surface area (Å²) in [6.45, 7) is 1.65. The minimum Gasteiger partial charge on any atom is -0.478 e. The van der Waals surface area contributed by atoms with Crippen LogP contribution in [0, 0.1) is 17.0 Å². The van der Waals surface area contributed by atoms with Crippen LogP contribution in [0.15, 0.2) is 36.4 Å². The van der Waals surface area contributed by atoms with Crippen molar-refractivity contribution in [2.45, 2.75) is 6.92 Å². The predicted molar refractivity (Wildman–Crippen MR) is 69.1 cm³/mol. The van der Waals surface area contributed by atoms with Crippen molar-refractivity contribution < 1.29 is 19.6 Å². The molecule has 0 bridgehead atoms. The summed E-state index contributed by atoms with van der Waals surface area (Å²) >= 11 is 0. The number of carbonyl (C=O) groups is 1. The lowest BCUT2D eigenvalue weighted by molar-refractivity contribution is -0.384. The van der Waals surface area contributed by atoms with Crippen LogP contribution >= 0.6 is 0 Å². The number of aromatic nitrogens is 1. The lowest BCUT2D eigenvalue weighted by Crippen LogP contribution is -2.00. The first-order valence-electron chi connectivity index (χ1n) is 5.60. The van der Waals surface area contributed by atoms with Crippen LogP contribution in [0.4, 0.5) is 5.69 Å². The van der Waals surface area contributed by atoms with E-state index in [-0.39, 0.29) is 17.1 Å². The molecule has 0 fully saturated rings. The zero-order chi connectivity index (χ0) is 14.7. The average Bonchev–Trinajstić information content (AvgIpc) is 2.38. The first-order chi connectivity index (χ1) is 9.45. The van der Waals surface area contributed by atoms with Crippen LogP contribution < -0.4 is 4.74 Å². The summed E-state index contributed by atoms with van der Waals surface area (Å²) in [7, 11) is 0. The summed E-state index contributed by atoms with van der Waals surface area (Å²) in [6, 6.07) is 8.14. The fourth-order valence-electron chi connectivity index (χ4n) is 1.57. The van der Waals surface area contributed by atoms with E-state index in [0.717, 1.165) is 0 Å². The first kappa shape index (κ1) is 13.5. The lowest BCUT2D eigenvalue weighted by atomic mass is 10.2. The molecule has 1 heterocycles. The molecule has 0 amide bonds. The number of pyridine rings is 1. The molecule has 2 rings (SSSR count). The highest BCUT2D eigenvalue weighted by atomic mass is 16.6. The number of nitro groups is 1. The van der Waals surface area contributed by atoms with Gasteiger partial charge in [-0.25, -0.2) is 9.78 Å². The predicted octanol–water partition coefficient (Wildman–Crippen LogP) is 2.79. The zero-order valence-corrected chi connectivity index (χ0v) is 10.4. The average molecular weight is 274 g/mol. The molecule has 7 nitrogen and oxygen atoms in total. The van der Waals surface area contributed by atoms with E-state index < -0.39 is 10.9 Å². The van der Waals surface area contributed by atoms with Gasteiger partial charge in [0.25, 0.3) is 5.69 Å². The van der Waals surface area contributed by atoms with Crippen LogP contribution in [0.3, 0.4) is 0 Å². The maximum absolute atomic E-state index is 10.9. The third-order valence-electron chi connectivity index (χ3n) is 2.45. The van der Waals surface area contributed by atoms with Crippen molar-refractivity contribution in [3.8, 4) is 11.6 Å². The van der Waals surface area contributed by atoms with Gasteiger partial charge in [0.1, 0.15) is 5.75 Å². The van der Waals surface area contributed by atoms with Crippen molar-refractivity contribution in [1.29, 1.82) is 0 Å². The van der Waals surface area contributed by atoms with Crippen molar-refractivity contribution in [3.63, 3.8) is 0 Å². The summed E-state index contributed by atoms with van der Waals surface area (Å²) in [5, 5.41) is 19.5. The lowest BCUT2D eigenvalue weighted by Gasteiger charge is -2.06. The Morgan fingerprint density at radius 2 is 1.95 bits per heavy atom. The molecule has 1 N–H and O–H groups in total. The fourth-order valence-corrected chi connectivity index (χ4v) is 1.57. The normalized spacial score (nSPS) is 10.1. The Kier molecular flexibility index (Phi) is 3.60. The highest BCUT2D eigenvalue weighted by molar-refractivity contribution is 5.88. The Labute approximate surface area is 113 Å². The topological polar surface area (TPSA) is 103 Å². The zero-order valence-electron chi connectivity index (χ0n) is 10.4. The molecular weight excluding hydrogens is 264 g/mol. The van der Waals surface area contributed by atoms with E-state index in [1.54, 1.807) is 6.92 Å². The number of nitrogens with zero attached hydrogens (tertiary/aromatic N) is 2. The number of benzene rings is 1. The van der Waals surface area contributed by atoms with Gasteiger partial charge in [0.15, 0.2) is 0 Å². The third-order valence-corrected chi connectivity index (χ3v) is 2.45. The molecule has 102 valence electrons. The van der Waals surface area contributed by atoms with Crippen LogP contribution in [0.5, 0.6) is 11.6 Å². The van der Waals surface area contributed by atoms with Crippen LogP contribution in [-0.4, -0.2) is 21.0 Å². The molecule has 0 aliphatic carbocycles. The molecule has 1 aromatic carbocycles. The summed E-state index contributed by atoms with van der Waals surface area (Å²) in [5.41, 5.74) is 0.511. The number of non-ortho nitro benzene ring substituents is 1. The number of ether oxygens (including phenoxy) is 1. The number of carboxylic acids is 1. The molecule has 2 aromatic rings. The van der Waals surface area contributed by atoms with E-state index in [1.807, 2.05) is 0 Å². The molecule has 7 heteroatoms. The van der Waals surface area contributed by atoms with Crippen LogP contribution in [-0.2, 0) is 0 Å². The number of hydrogen-bond acceptors (Lipinski definition) is 5. The summed E-state index contributed by atoms with van der Waals surface area (Å²) < 4.78 is 5.39. The molecule has 0 saturated heterocycles. The third kappa shape index (κ3) is 3.08. The van der Waals surface area contributed by atoms with E-state index in [0.29, 0.717) is 11.4 Å². The molecule has 0 aliphatic rings. The Bertz CT molecular complexity index is 667. The van der Waals surface area contributed by atoms with E-state index in [4.69, 9.17) is 9.84 Å². The van der Waals surface area contributed by atoms with Gasteiger partial charge in [0.2, 0.25) is 5.88 Å². The molecular formula is C13H10N2O5. The van der Waals surface area contributed by atoms with Gasteiger partial charge in [0.05, 0.1) is 10.5 Å². The molecule has 1 aromatic heterocycles. The van der Waals surface area contributed by atoms with E-state index >= 15 is 0 Å². The molecule has 0 saturated carbocycles. The van der Waals surface area contributed by atoms with Gasteiger partial charge in [-0.3, -0.25) is 10.1 Å². The maximum atomic E-state index is 10.9. The van der Waals surface area contributed by atoms with Crippen LogP contribution in [0.1, 0.15) is 16.1 Å². The van der Waals surface area contributed by atoms with E-state index in [1.165, 1.54) is 36.4 Å². The molecule has 0 unspecified atom stereocenters. The second kappa shape index (κ2) is 5.35. The first-order valence-corrected chi connectivity index (χ1v) is 5.60. The fraction of sp³-hybridized carbons (Fsp3) is 0.0769. The highest BCUT2D eigenvalue weighted by Crippen LogP contribution is 2.23. The van der Waals surface area contributed by atoms with Crippen molar-refractivity contribution in [3.05, 3.63) is 57.8 Å². The molecule has 20 heavy (non-hydrogen) atoms. The van der Waals surface area contributed by atoms with Crippen molar-refractivity contribution in [2.24, 2.45) is 0 Å². The van der Waals surface area contributed by atoms with Crippen LogP contribution in [0.2, 0.25) is 0 Å². The number of carboxylic acid groups (broad SMARTS) is 1. The molecule has 0 spiro atoms. The Morgan fingerprint density at radius 1 is 1.30 bits per heavy atom. The summed E-state index contributed by atoms with van der Waals surface area (Å²) in [6.07, 6.45) is 0. The SMILES string of the molecule is Cc1cc(C(=O)O)cc(Oc2ccc([N+](=O)[O-])cc2)n1. The van der Waals surface area contributed by atoms with Gasteiger partial charge in [0, 0.05) is 23.9 Å². The number of rotatable bonds is 4. The summed E-state index contributed by atoms with van der Waals surface area (Å²) in [4.78, 5) is 25.0. The second-order valence-corrected chi connectivity index (χ2v) is 3.99. The number of nitro benzene ring substituents is 1. The van der Waals surface area contributed by atoms with Crippen molar-refractivity contribution >= 4 is 11.7 Å². The number of aryl methyl sites for hydroxylation is 1. The standard InChI is InChI=1S/C13H10N2O5/c1-8-6-9(13(16)17)7-12(14-8)20-11-4-2-10(3-5-11)15(18)19/h2-7H,1H3,(H,16,17). The number of hydrogen-bond donors (Lipinski definition) is 1. The van der Waals surface area contributed by atoms with Gasteiger partial charge < -0.3 is 9.84 Å². The number of aromatic carboxylic acids is 1. The highest BCUT2D eigenvalue weighted by Gasteiger charge is 2.09. The van der Waals surface area contributed by atoms with E-state index in [9.17, 15) is 14.9 Å². The van der Waals surface area contributed by atoms with Gasteiger partial charge in [-0.15, -0.1) is 0 Å². The Hall–Kier alpha value is -2.96. The monoisotopic (exact) mass is 274 g/mol. The Balaban J connectivity index is 2.25. The molecule has 0 aliphatic heterocycles.